The number of halogens is 1. The molecule has 0 atom stereocenters. The Kier molecular flexibility index (Phi) is 5.14. The van der Waals surface area contributed by atoms with Crippen LogP contribution in [0.3, 0.4) is 0 Å². The van der Waals surface area contributed by atoms with Gasteiger partial charge in [-0.3, -0.25) is 4.79 Å². The first-order valence-electron chi connectivity index (χ1n) is 7.91. The van der Waals surface area contributed by atoms with Crippen LogP contribution in [0.5, 0.6) is 5.75 Å². The summed E-state index contributed by atoms with van der Waals surface area (Å²) in [6.45, 7) is 3.94. The van der Waals surface area contributed by atoms with Crippen LogP contribution in [-0.2, 0) is 0 Å². The number of benzene rings is 1. The monoisotopic (exact) mass is 371 g/mol. The summed E-state index contributed by atoms with van der Waals surface area (Å²) < 4.78 is 12.5. The van der Waals surface area contributed by atoms with E-state index in [2.05, 4.69) is 10.5 Å². The van der Waals surface area contributed by atoms with E-state index in [0.717, 1.165) is 22.6 Å². The SMILES string of the molecule is COc1ccc(Cl)cc1-n1c(C)cc(/C=N\NC(=O)c2ccco2)c1C. The molecule has 6 nitrogen and oxygen atoms in total. The van der Waals surface area contributed by atoms with Crippen molar-refractivity contribution in [3.8, 4) is 11.4 Å². The van der Waals surface area contributed by atoms with Crippen LogP contribution in [0.2, 0.25) is 5.02 Å². The molecule has 0 saturated heterocycles. The molecule has 7 heteroatoms. The van der Waals surface area contributed by atoms with Gasteiger partial charge < -0.3 is 13.7 Å². The fourth-order valence-corrected chi connectivity index (χ4v) is 2.92. The largest absolute Gasteiger partial charge is 0.495 e. The fourth-order valence-electron chi connectivity index (χ4n) is 2.75. The lowest BCUT2D eigenvalue weighted by atomic mass is 10.2. The van der Waals surface area contributed by atoms with Gasteiger partial charge in [-0.15, -0.1) is 0 Å². The second-order valence-corrected chi connectivity index (χ2v) is 6.09. The number of carbonyl (C=O) groups is 1. The van der Waals surface area contributed by atoms with E-state index in [4.69, 9.17) is 20.8 Å². The van der Waals surface area contributed by atoms with Crippen molar-refractivity contribution in [2.75, 3.05) is 7.11 Å². The number of aromatic nitrogens is 1. The molecule has 0 fully saturated rings. The molecule has 0 aliphatic heterocycles. The number of hydrazone groups is 1. The molecule has 3 aromatic rings. The maximum atomic E-state index is 11.8. The average Bonchev–Trinajstić information content (AvgIpc) is 3.24. The van der Waals surface area contributed by atoms with E-state index in [9.17, 15) is 4.79 Å². The molecule has 2 aromatic heterocycles. The zero-order valence-corrected chi connectivity index (χ0v) is 15.4. The Labute approximate surface area is 156 Å². The molecule has 0 aliphatic rings. The summed E-state index contributed by atoms with van der Waals surface area (Å²) in [5.74, 6) is 0.513. The zero-order chi connectivity index (χ0) is 18.7. The van der Waals surface area contributed by atoms with E-state index in [-0.39, 0.29) is 5.76 Å². The summed E-state index contributed by atoms with van der Waals surface area (Å²) in [7, 11) is 1.62. The highest BCUT2D eigenvalue weighted by molar-refractivity contribution is 6.30. The highest BCUT2D eigenvalue weighted by Crippen LogP contribution is 2.30. The summed E-state index contributed by atoms with van der Waals surface area (Å²) >= 11 is 6.15. The minimum Gasteiger partial charge on any atom is -0.495 e. The van der Waals surface area contributed by atoms with Gasteiger partial charge in [0, 0.05) is 22.0 Å². The number of rotatable bonds is 5. The van der Waals surface area contributed by atoms with Crippen molar-refractivity contribution in [1.82, 2.24) is 9.99 Å². The number of nitrogens with one attached hydrogen (secondary N) is 1. The van der Waals surface area contributed by atoms with Gasteiger partial charge in [-0.25, -0.2) is 5.43 Å². The highest BCUT2D eigenvalue weighted by Gasteiger charge is 2.14. The number of hydrogen-bond donors (Lipinski definition) is 1. The van der Waals surface area contributed by atoms with Gasteiger partial charge >= 0.3 is 5.91 Å². The van der Waals surface area contributed by atoms with Crippen LogP contribution in [0.4, 0.5) is 0 Å². The molecule has 0 bridgehead atoms. The molecule has 0 saturated carbocycles. The van der Waals surface area contributed by atoms with E-state index in [1.807, 2.05) is 36.6 Å². The molecule has 1 amide bonds. The third-order valence-corrected chi connectivity index (χ3v) is 4.20. The first kappa shape index (κ1) is 17.8. The standard InChI is InChI=1S/C19H18ClN3O3/c1-12-9-14(11-21-22-19(24)18-5-4-8-26-18)13(2)23(12)16-10-15(20)6-7-17(16)25-3/h4-11H,1-3H3,(H,22,24)/b21-11-. The quantitative estimate of drug-likeness (QED) is 0.542. The normalized spacial score (nSPS) is 11.1. The Morgan fingerprint density at radius 1 is 1.31 bits per heavy atom. The number of methoxy groups -OCH3 is 1. The van der Waals surface area contributed by atoms with E-state index < -0.39 is 5.91 Å². The predicted octanol–water partition coefficient (Wildman–Crippen LogP) is 4.11. The second-order valence-electron chi connectivity index (χ2n) is 5.65. The lowest BCUT2D eigenvalue weighted by Gasteiger charge is -2.14. The molecule has 0 aliphatic carbocycles. The van der Waals surface area contributed by atoms with Crippen LogP contribution in [-0.4, -0.2) is 23.8 Å². The molecular weight excluding hydrogens is 354 g/mol. The molecule has 26 heavy (non-hydrogen) atoms. The van der Waals surface area contributed by atoms with Gasteiger partial charge in [0.1, 0.15) is 5.75 Å². The Bertz CT molecular complexity index is 959. The lowest BCUT2D eigenvalue weighted by Crippen LogP contribution is -2.16. The average molecular weight is 372 g/mol. The molecule has 1 N–H and O–H groups in total. The van der Waals surface area contributed by atoms with Crippen molar-refractivity contribution >= 4 is 23.7 Å². The Balaban J connectivity index is 1.88. The van der Waals surface area contributed by atoms with Gasteiger partial charge in [0.2, 0.25) is 0 Å². The summed E-state index contributed by atoms with van der Waals surface area (Å²) in [6.07, 6.45) is 3.03. The van der Waals surface area contributed by atoms with Crippen molar-refractivity contribution < 1.29 is 13.9 Å². The Morgan fingerprint density at radius 3 is 2.81 bits per heavy atom. The predicted molar refractivity (Wildman–Crippen MR) is 101 cm³/mol. The minimum atomic E-state index is -0.406. The van der Waals surface area contributed by atoms with Gasteiger partial charge in [-0.2, -0.15) is 5.10 Å². The molecular formula is C19H18ClN3O3. The number of aryl methyl sites for hydroxylation is 1. The topological polar surface area (TPSA) is 68.8 Å². The maximum absolute atomic E-state index is 11.8. The van der Waals surface area contributed by atoms with Gasteiger partial charge in [0.25, 0.3) is 0 Å². The zero-order valence-electron chi connectivity index (χ0n) is 14.6. The minimum absolute atomic E-state index is 0.205. The smallest absolute Gasteiger partial charge is 0.307 e. The highest BCUT2D eigenvalue weighted by atomic mass is 35.5. The number of ether oxygens (including phenoxy) is 1. The Hall–Kier alpha value is -2.99. The molecule has 2 heterocycles. The van der Waals surface area contributed by atoms with E-state index >= 15 is 0 Å². The third kappa shape index (κ3) is 3.50. The fraction of sp³-hybridized carbons (Fsp3) is 0.158. The van der Waals surface area contributed by atoms with E-state index in [0.29, 0.717) is 10.8 Å². The van der Waals surface area contributed by atoms with Gasteiger partial charge in [0.15, 0.2) is 5.76 Å². The van der Waals surface area contributed by atoms with E-state index in [1.54, 1.807) is 31.5 Å². The van der Waals surface area contributed by atoms with Crippen LogP contribution in [0.1, 0.15) is 27.5 Å². The summed E-state index contributed by atoms with van der Waals surface area (Å²) in [5.41, 5.74) is 6.08. The first-order valence-corrected chi connectivity index (χ1v) is 8.29. The van der Waals surface area contributed by atoms with Gasteiger partial charge in [0.05, 0.1) is 25.3 Å². The number of carbonyl (C=O) groups excluding carboxylic acids is 1. The van der Waals surface area contributed by atoms with Gasteiger partial charge in [-0.1, -0.05) is 11.6 Å². The lowest BCUT2D eigenvalue weighted by molar-refractivity contribution is 0.0927. The number of hydrogen-bond acceptors (Lipinski definition) is 4. The molecule has 1 aromatic carbocycles. The van der Waals surface area contributed by atoms with Crippen LogP contribution in [0.15, 0.2) is 52.2 Å². The summed E-state index contributed by atoms with van der Waals surface area (Å²) in [5, 5.41) is 4.63. The molecule has 3 rings (SSSR count). The Morgan fingerprint density at radius 2 is 2.12 bits per heavy atom. The number of nitrogens with zero attached hydrogens (tertiary/aromatic N) is 2. The molecule has 0 unspecified atom stereocenters. The van der Waals surface area contributed by atoms with Crippen LogP contribution < -0.4 is 10.2 Å². The van der Waals surface area contributed by atoms with Crippen molar-refractivity contribution in [1.29, 1.82) is 0 Å². The van der Waals surface area contributed by atoms with Crippen LogP contribution in [0.25, 0.3) is 5.69 Å². The first-order chi connectivity index (χ1) is 12.5. The summed E-state index contributed by atoms with van der Waals surface area (Å²) in [4.78, 5) is 11.8. The molecule has 0 spiro atoms. The van der Waals surface area contributed by atoms with Crippen molar-refractivity contribution in [2.24, 2.45) is 5.10 Å². The van der Waals surface area contributed by atoms with Gasteiger partial charge in [-0.05, 0) is 50.2 Å². The second kappa shape index (κ2) is 7.49. The van der Waals surface area contributed by atoms with Crippen LogP contribution in [0, 0.1) is 13.8 Å². The number of furan rings is 1. The van der Waals surface area contributed by atoms with E-state index in [1.165, 1.54) is 6.26 Å². The van der Waals surface area contributed by atoms with Crippen LogP contribution >= 0.6 is 11.6 Å². The van der Waals surface area contributed by atoms with Crippen molar-refractivity contribution in [2.45, 2.75) is 13.8 Å². The van der Waals surface area contributed by atoms with Crippen molar-refractivity contribution in [3.63, 3.8) is 0 Å². The third-order valence-electron chi connectivity index (χ3n) is 3.97. The van der Waals surface area contributed by atoms with Crippen molar-refractivity contribution in [3.05, 3.63) is 70.4 Å². The number of amides is 1. The summed E-state index contributed by atoms with van der Waals surface area (Å²) in [6, 6.07) is 10.6. The molecule has 0 radical (unpaired) electrons. The molecule has 134 valence electrons. The maximum Gasteiger partial charge on any atom is 0.307 e.